The fourth-order valence-corrected chi connectivity index (χ4v) is 2.25. The van der Waals surface area contributed by atoms with E-state index < -0.39 is 0 Å². The first-order valence-electron chi connectivity index (χ1n) is 6.21. The van der Waals surface area contributed by atoms with Gasteiger partial charge in [-0.1, -0.05) is 0 Å². The lowest BCUT2D eigenvalue weighted by molar-refractivity contribution is 0.102. The average molecular weight is 258 g/mol. The van der Waals surface area contributed by atoms with Crippen LogP contribution >= 0.6 is 0 Å². The van der Waals surface area contributed by atoms with Crippen molar-refractivity contribution in [2.75, 3.05) is 5.32 Å². The Labute approximate surface area is 112 Å². The predicted molar refractivity (Wildman–Crippen MR) is 74.6 cm³/mol. The first kappa shape index (κ1) is 13.3. The van der Waals surface area contributed by atoms with E-state index in [1.54, 1.807) is 13.0 Å². The summed E-state index contributed by atoms with van der Waals surface area (Å²) in [6.07, 6.45) is 0. The molecule has 4 heteroatoms. The smallest absolute Gasteiger partial charge is 0.259 e. The van der Waals surface area contributed by atoms with Gasteiger partial charge in [0.25, 0.3) is 5.91 Å². The fraction of sp³-hybridized carbons (Fsp3) is 0.333. The van der Waals surface area contributed by atoms with E-state index in [4.69, 9.17) is 4.42 Å². The van der Waals surface area contributed by atoms with E-state index in [-0.39, 0.29) is 5.91 Å². The van der Waals surface area contributed by atoms with Gasteiger partial charge in [-0.3, -0.25) is 9.78 Å². The molecule has 0 aliphatic heterocycles. The molecule has 2 aromatic heterocycles. The number of anilines is 1. The Hall–Kier alpha value is -2.10. The highest BCUT2D eigenvalue weighted by Crippen LogP contribution is 2.21. The van der Waals surface area contributed by atoms with Crippen molar-refractivity contribution in [2.24, 2.45) is 0 Å². The molecule has 0 unspecified atom stereocenters. The molecular formula is C15H18N2O2. The van der Waals surface area contributed by atoms with Crippen LogP contribution in [0.5, 0.6) is 0 Å². The molecule has 1 amide bonds. The standard InChI is InChI=1S/C15H18N2O2/c1-8-6-9(2)16-11(4)14(8)17-15(18)13-7-10(3)19-12(13)5/h6-7H,1-5H3,(H,17,18). The van der Waals surface area contributed by atoms with Crippen molar-refractivity contribution in [1.29, 1.82) is 0 Å². The van der Waals surface area contributed by atoms with E-state index in [0.29, 0.717) is 11.3 Å². The third-order valence-corrected chi connectivity index (χ3v) is 3.05. The maximum absolute atomic E-state index is 12.2. The summed E-state index contributed by atoms with van der Waals surface area (Å²) in [6, 6.07) is 3.70. The summed E-state index contributed by atoms with van der Waals surface area (Å²) in [7, 11) is 0. The predicted octanol–water partition coefficient (Wildman–Crippen LogP) is 3.47. The Balaban J connectivity index is 2.32. The van der Waals surface area contributed by atoms with E-state index in [2.05, 4.69) is 10.3 Å². The van der Waals surface area contributed by atoms with Crippen molar-refractivity contribution >= 4 is 11.6 Å². The van der Waals surface area contributed by atoms with E-state index in [0.717, 1.165) is 28.4 Å². The zero-order valence-electron chi connectivity index (χ0n) is 11.9. The van der Waals surface area contributed by atoms with E-state index in [9.17, 15) is 4.79 Å². The van der Waals surface area contributed by atoms with Gasteiger partial charge in [-0.2, -0.15) is 0 Å². The van der Waals surface area contributed by atoms with Gasteiger partial charge in [0.05, 0.1) is 16.9 Å². The minimum Gasteiger partial charge on any atom is -0.466 e. The molecule has 0 fully saturated rings. The topological polar surface area (TPSA) is 55.1 Å². The summed E-state index contributed by atoms with van der Waals surface area (Å²) in [5.74, 6) is 1.20. The van der Waals surface area contributed by atoms with Crippen LogP contribution in [0.3, 0.4) is 0 Å². The highest BCUT2D eigenvalue weighted by molar-refractivity contribution is 6.05. The summed E-state index contributed by atoms with van der Waals surface area (Å²) >= 11 is 0. The average Bonchev–Trinajstić information content (AvgIpc) is 2.62. The SMILES string of the molecule is Cc1cc(C)c(NC(=O)c2cc(C)oc2C)c(C)n1. The number of hydrogen-bond donors (Lipinski definition) is 1. The molecule has 2 heterocycles. The molecule has 0 atom stereocenters. The second-order valence-corrected chi connectivity index (χ2v) is 4.82. The number of furan rings is 1. The first-order chi connectivity index (χ1) is 8.88. The van der Waals surface area contributed by atoms with Gasteiger partial charge in [0.2, 0.25) is 0 Å². The molecule has 1 N–H and O–H groups in total. The molecule has 0 bridgehead atoms. The number of hydrogen-bond acceptors (Lipinski definition) is 3. The third-order valence-electron chi connectivity index (χ3n) is 3.05. The van der Waals surface area contributed by atoms with Gasteiger partial charge in [-0.05, 0) is 52.3 Å². The first-order valence-corrected chi connectivity index (χ1v) is 6.21. The van der Waals surface area contributed by atoms with Crippen LogP contribution in [0.15, 0.2) is 16.5 Å². The number of aromatic nitrogens is 1. The quantitative estimate of drug-likeness (QED) is 0.897. The van der Waals surface area contributed by atoms with Crippen LogP contribution in [-0.4, -0.2) is 10.9 Å². The number of aryl methyl sites for hydroxylation is 5. The van der Waals surface area contributed by atoms with Crippen LogP contribution in [0.25, 0.3) is 0 Å². The molecule has 0 spiro atoms. The van der Waals surface area contributed by atoms with Gasteiger partial charge in [0.1, 0.15) is 11.5 Å². The number of pyridine rings is 1. The van der Waals surface area contributed by atoms with E-state index in [1.165, 1.54) is 0 Å². The Morgan fingerprint density at radius 2 is 1.84 bits per heavy atom. The second-order valence-electron chi connectivity index (χ2n) is 4.82. The molecule has 0 saturated carbocycles. The fourth-order valence-electron chi connectivity index (χ4n) is 2.25. The molecule has 0 aliphatic rings. The van der Waals surface area contributed by atoms with Gasteiger partial charge in [-0.15, -0.1) is 0 Å². The lowest BCUT2D eigenvalue weighted by Gasteiger charge is -2.11. The Kier molecular flexibility index (Phi) is 3.42. The van der Waals surface area contributed by atoms with Gasteiger partial charge in [0, 0.05) is 5.69 Å². The normalized spacial score (nSPS) is 10.6. The molecule has 0 aliphatic carbocycles. The van der Waals surface area contributed by atoms with Crippen molar-refractivity contribution in [3.63, 3.8) is 0 Å². The van der Waals surface area contributed by atoms with Crippen molar-refractivity contribution in [3.05, 3.63) is 46.2 Å². The monoisotopic (exact) mass is 258 g/mol. The van der Waals surface area contributed by atoms with Gasteiger partial charge in [0.15, 0.2) is 0 Å². The number of carbonyl (C=O) groups is 1. The molecule has 100 valence electrons. The molecule has 2 rings (SSSR count). The van der Waals surface area contributed by atoms with Crippen LogP contribution in [0.1, 0.15) is 38.8 Å². The minimum atomic E-state index is -0.161. The number of carbonyl (C=O) groups excluding carboxylic acids is 1. The summed E-state index contributed by atoms with van der Waals surface area (Å²) in [4.78, 5) is 16.6. The van der Waals surface area contributed by atoms with Crippen molar-refractivity contribution in [2.45, 2.75) is 34.6 Å². The Morgan fingerprint density at radius 1 is 1.16 bits per heavy atom. The number of amides is 1. The van der Waals surface area contributed by atoms with E-state index >= 15 is 0 Å². The maximum Gasteiger partial charge on any atom is 0.259 e. The summed E-state index contributed by atoms with van der Waals surface area (Å²) in [6.45, 7) is 9.41. The maximum atomic E-state index is 12.2. The van der Waals surface area contributed by atoms with Crippen LogP contribution in [0, 0.1) is 34.6 Å². The zero-order valence-corrected chi connectivity index (χ0v) is 11.9. The number of nitrogens with zero attached hydrogens (tertiary/aromatic N) is 1. The summed E-state index contributed by atoms with van der Waals surface area (Å²) < 4.78 is 5.38. The van der Waals surface area contributed by atoms with E-state index in [1.807, 2.05) is 33.8 Å². The molecule has 0 radical (unpaired) electrons. The molecular weight excluding hydrogens is 240 g/mol. The Bertz CT molecular complexity index is 619. The zero-order chi connectivity index (χ0) is 14.2. The van der Waals surface area contributed by atoms with Crippen LogP contribution in [0.4, 0.5) is 5.69 Å². The third kappa shape index (κ3) is 2.67. The van der Waals surface area contributed by atoms with Crippen molar-refractivity contribution in [1.82, 2.24) is 4.98 Å². The largest absolute Gasteiger partial charge is 0.466 e. The van der Waals surface area contributed by atoms with Crippen molar-refractivity contribution in [3.8, 4) is 0 Å². The van der Waals surface area contributed by atoms with Gasteiger partial charge in [-0.25, -0.2) is 0 Å². The van der Waals surface area contributed by atoms with Crippen LogP contribution in [-0.2, 0) is 0 Å². The van der Waals surface area contributed by atoms with Crippen LogP contribution in [0.2, 0.25) is 0 Å². The molecule has 4 nitrogen and oxygen atoms in total. The summed E-state index contributed by atoms with van der Waals surface area (Å²) in [5.41, 5.74) is 4.12. The minimum absolute atomic E-state index is 0.161. The lowest BCUT2D eigenvalue weighted by atomic mass is 10.1. The van der Waals surface area contributed by atoms with Crippen LogP contribution < -0.4 is 5.32 Å². The van der Waals surface area contributed by atoms with Gasteiger partial charge >= 0.3 is 0 Å². The highest BCUT2D eigenvalue weighted by Gasteiger charge is 2.16. The van der Waals surface area contributed by atoms with Crippen molar-refractivity contribution < 1.29 is 9.21 Å². The molecule has 2 aromatic rings. The highest BCUT2D eigenvalue weighted by atomic mass is 16.3. The summed E-state index contributed by atoms with van der Waals surface area (Å²) in [5, 5.41) is 2.91. The number of rotatable bonds is 2. The number of nitrogens with one attached hydrogen (secondary N) is 1. The Morgan fingerprint density at radius 3 is 2.37 bits per heavy atom. The van der Waals surface area contributed by atoms with Gasteiger partial charge < -0.3 is 9.73 Å². The lowest BCUT2D eigenvalue weighted by Crippen LogP contribution is -2.14. The molecule has 0 saturated heterocycles. The molecule has 0 aromatic carbocycles. The molecule has 19 heavy (non-hydrogen) atoms. The second kappa shape index (κ2) is 4.88.